The second-order valence-corrected chi connectivity index (χ2v) is 7.48. The molecule has 0 aliphatic carbocycles. The summed E-state index contributed by atoms with van der Waals surface area (Å²) in [5.41, 5.74) is 0.528. The number of hydrogen-bond donors (Lipinski definition) is 1. The van der Waals surface area contributed by atoms with Gasteiger partial charge in [-0.3, -0.25) is 4.79 Å². The lowest BCUT2D eigenvalue weighted by Crippen LogP contribution is -2.46. The highest BCUT2D eigenvalue weighted by Crippen LogP contribution is 2.11. The lowest BCUT2D eigenvalue weighted by Gasteiger charge is -2.25. The van der Waals surface area contributed by atoms with E-state index in [1.807, 2.05) is 44.2 Å². The first-order valence-electron chi connectivity index (χ1n) is 8.83. The van der Waals surface area contributed by atoms with Crippen LogP contribution in [-0.2, 0) is 20.9 Å². The van der Waals surface area contributed by atoms with Gasteiger partial charge in [0.25, 0.3) is 0 Å². The summed E-state index contributed by atoms with van der Waals surface area (Å²) in [6, 6.07) is 9.38. The van der Waals surface area contributed by atoms with Gasteiger partial charge < -0.3 is 14.8 Å². The molecule has 1 aromatic rings. The highest BCUT2D eigenvalue weighted by atomic mass is 16.6. The molecule has 0 saturated carbocycles. The topological polar surface area (TPSA) is 64.6 Å². The Kier molecular flexibility index (Phi) is 8.62. The average Bonchev–Trinajstić information content (AvgIpc) is 2.51. The number of carbonyl (C=O) groups excluding carboxylic acids is 2. The van der Waals surface area contributed by atoms with E-state index in [2.05, 4.69) is 5.32 Å². The maximum absolute atomic E-state index is 12.4. The van der Waals surface area contributed by atoms with Gasteiger partial charge in [0.15, 0.2) is 5.78 Å². The van der Waals surface area contributed by atoms with E-state index in [9.17, 15) is 9.59 Å². The van der Waals surface area contributed by atoms with E-state index in [1.54, 1.807) is 20.8 Å². The van der Waals surface area contributed by atoms with E-state index < -0.39 is 17.7 Å². The monoisotopic (exact) mass is 349 g/mol. The lowest BCUT2D eigenvalue weighted by atomic mass is 9.97. The molecule has 0 aliphatic heterocycles. The van der Waals surface area contributed by atoms with E-state index in [1.165, 1.54) is 0 Å². The minimum atomic E-state index is -0.583. The van der Waals surface area contributed by atoms with Gasteiger partial charge in [0.05, 0.1) is 12.6 Å². The van der Waals surface area contributed by atoms with Crippen LogP contribution in [0.4, 0.5) is 4.79 Å². The van der Waals surface area contributed by atoms with Gasteiger partial charge in [-0.2, -0.15) is 0 Å². The highest BCUT2D eigenvalue weighted by molar-refractivity contribution is 5.87. The molecule has 25 heavy (non-hydrogen) atoms. The van der Waals surface area contributed by atoms with E-state index in [0.29, 0.717) is 26.1 Å². The molecule has 0 bridgehead atoms. The van der Waals surface area contributed by atoms with Crippen LogP contribution in [0.5, 0.6) is 0 Å². The fourth-order valence-corrected chi connectivity index (χ4v) is 2.32. The summed E-state index contributed by atoms with van der Waals surface area (Å²) in [5.74, 6) is 0.00873. The summed E-state index contributed by atoms with van der Waals surface area (Å²) in [7, 11) is 0. The summed E-state index contributed by atoms with van der Waals surface area (Å²) in [4.78, 5) is 24.3. The summed E-state index contributed by atoms with van der Waals surface area (Å²) in [6.45, 7) is 10.3. The first kappa shape index (κ1) is 21.2. The van der Waals surface area contributed by atoms with Crippen molar-refractivity contribution in [3.8, 4) is 0 Å². The Morgan fingerprint density at radius 2 is 1.76 bits per heavy atom. The van der Waals surface area contributed by atoms with E-state index in [4.69, 9.17) is 9.47 Å². The van der Waals surface area contributed by atoms with Gasteiger partial charge in [0, 0.05) is 13.0 Å². The van der Waals surface area contributed by atoms with Crippen molar-refractivity contribution in [1.82, 2.24) is 5.32 Å². The van der Waals surface area contributed by atoms with E-state index >= 15 is 0 Å². The second-order valence-electron chi connectivity index (χ2n) is 7.48. The molecular weight excluding hydrogens is 318 g/mol. The molecule has 140 valence electrons. The number of nitrogens with one attached hydrogen (secondary N) is 1. The summed E-state index contributed by atoms with van der Waals surface area (Å²) >= 11 is 0. The number of rotatable bonds is 9. The third kappa shape index (κ3) is 9.25. The van der Waals surface area contributed by atoms with Crippen LogP contribution < -0.4 is 5.32 Å². The normalized spacial score (nSPS) is 12.7. The first-order chi connectivity index (χ1) is 11.7. The second kappa shape index (κ2) is 10.2. The van der Waals surface area contributed by atoms with Crippen molar-refractivity contribution in [1.29, 1.82) is 0 Å². The Labute approximate surface area is 151 Å². The summed E-state index contributed by atoms with van der Waals surface area (Å²) < 4.78 is 10.8. The Balaban J connectivity index is 2.34. The van der Waals surface area contributed by atoms with Gasteiger partial charge >= 0.3 is 6.09 Å². The van der Waals surface area contributed by atoms with Gasteiger partial charge in [-0.15, -0.1) is 0 Å². The Morgan fingerprint density at radius 1 is 1.12 bits per heavy atom. The van der Waals surface area contributed by atoms with Gasteiger partial charge in [-0.25, -0.2) is 4.79 Å². The van der Waals surface area contributed by atoms with Crippen LogP contribution >= 0.6 is 0 Å². The molecule has 1 atom stereocenters. The zero-order chi connectivity index (χ0) is 18.9. The Morgan fingerprint density at radius 3 is 2.32 bits per heavy atom. The molecule has 0 heterocycles. The van der Waals surface area contributed by atoms with Crippen molar-refractivity contribution in [2.24, 2.45) is 5.92 Å². The molecule has 0 aromatic heterocycles. The van der Waals surface area contributed by atoms with E-state index in [0.717, 1.165) is 5.56 Å². The molecule has 0 spiro atoms. The predicted octanol–water partition coefficient (Wildman–Crippen LogP) is 4.10. The smallest absolute Gasteiger partial charge is 0.408 e. The molecular formula is C20H31NO4. The molecule has 5 heteroatoms. The minimum Gasteiger partial charge on any atom is -0.444 e. The number of hydrogen-bond acceptors (Lipinski definition) is 4. The number of carbonyl (C=O) groups is 2. The van der Waals surface area contributed by atoms with Crippen LogP contribution in [0.15, 0.2) is 30.3 Å². The molecule has 0 radical (unpaired) electrons. The maximum atomic E-state index is 12.4. The fraction of sp³-hybridized carbons (Fsp3) is 0.600. The predicted molar refractivity (Wildman–Crippen MR) is 98.3 cm³/mol. The quantitative estimate of drug-likeness (QED) is 0.682. The third-order valence-electron chi connectivity index (χ3n) is 3.51. The van der Waals surface area contributed by atoms with E-state index in [-0.39, 0.29) is 11.7 Å². The number of ketones is 1. The van der Waals surface area contributed by atoms with Crippen molar-refractivity contribution in [2.45, 2.75) is 65.7 Å². The standard InChI is InChI=1S/C20H31NO4/c1-15(2)18(21-19(23)25-20(3,4)5)17(22)12-9-13-24-14-16-10-7-6-8-11-16/h6-8,10-11,15,18H,9,12-14H2,1-5H3,(H,21,23)/t18-/m0/s1. The highest BCUT2D eigenvalue weighted by Gasteiger charge is 2.26. The maximum Gasteiger partial charge on any atom is 0.408 e. The van der Waals surface area contributed by atoms with Crippen LogP contribution in [0, 0.1) is 5.92 Å². The number of amides is 1. The largest absolute Gasteiger partial charge is 0.444 e. The van der Waals surface area contributed by atoms with Crippen LogP contribution in [-0.4, -0.2) is 30.1 Å². The summed E-state index contributed by atoms with van der Waals surface area (Å²) in [5, 5.41) is 2.69. The molecule has 1 rings (SSSR count). The van der Waals surface area contributed by atoms with Crippen molar-refractivity contribution < 1.29 is 19.1 Å². The molecule has 0 fully saturated rings. The molecule has 1 aromatic carbocycles. The van der Waals surface area contributed by atoms with Crippen molar-refractivity contribution in [3.05, 3.63) is 35.9 Å². The van der Waals surface area contributed by atoms with Crippen molar-refractivity contribution in [3.63, 3.8) is 0 Å². The minimum absolute atomic E-state index is 0.00386. The van der Waals surface area contributed by atoms with Crippen LogP contribution in [0.25, 0.3) is 0 Å². The Bertz CT molecular complexity index is 534. The van der Waals surface area contributed by atoms with Gasteiger partial charge in [0.1, 0.15) is 5.60 Å². The van der Waals surface area contributed by atoms with Crippen molar-refractivity contribution >= 4 is 11.9 Å². The fourth-order valence-electron chi connectivity index (χ4n) is 2.32. The molecule has 0 aliphatic rings. The van der Waals surface area contributed by atoms with Crippen LogP contribution in [0.3, 0.4) is 0 Å². The molecule has 0 unspecified atom stereocenters. The third-order valence-corrected chi connectivity index (χ3v) is 3.51. The van der Waals surface area contributed by atoms with Gasteiger partial charge in [-0.05, 0) is 38.7 Å². The van der Waals surface area contributed by atoms with Crippen LogP contribution in [0.1, 0.15) is 53.0 Å². The Hall–Kier alpha value is -1.88. The molecule has 0 saturated heterocycles. The van der Waals surface area contributed by atoms with Crippen LogP contribution in [0.2, 0.25) is 0 Å². The zero-order valence-corrected chi connectivity index (χ0v) is 16.0. The van der Waals surface area contributed by atoms with Gasteiger partial charge in [-0.1, -0.05) is 44.2 Å². The van der Waals surface area contributed by atoms with Crippen molar-refractivity contribution in [2.75, 3.05) is 6.61 Å². The van der Waals surface area contributed by atoms with Gasteiger partial charge in [0.2, 0.25) is 0 Å². The number of ether oxygens (including phenoxy) is 2. The first-order valence-corrected chi connectivity index (χ1v) is 8.83. The molecule has 1 N–H and O–H groups in total. The number of Topliss-reactive ketones (excluding diaryl/α,β-unsaturated/α-hetero) is 1. The zero-order valence-electron chi connectivity index (χ0n) is 16.0. The molecule has 1 amide bonds. The lowest BCUT2D eigenvalue weighted by molar-refractivity contribution is -0.122. The number of alkyl carbamates (subject to hydrolysis) is 1. The summed E-state index contributed by atoms with van der Waals surface area (Å²) in [6.07, 6.45) is 0.443. The SMILES string of the molecule is CC(C)[C@H](NC(=O)OC(C)(C)C)C(=O)CCCOCc1ccccc1. The number of benzene rings is 1. The molecule has 5 nitrogen and oxygen atoms in total. The average molecular weight is 349 g/mol.